The van der Waals surface area contributed by atoms with E-state index in [-0.39, 0.29) is 6.61 Å². The van der Waals surface area contributed by atoms with Gasteiger partial charge in [0.15, 0.2) is 6.61 Å². The van der Waals surface area contributed by atoms with E-state index in [2.05, 4.69) is 10.5 Å². The number of ether oxygens (including phenoxy) is 1. The Morgan fingerprint density at radius 3 is 2.77 bits per heavy atom. The van der Waals surface area contributed by atoms with Crippen LogP contribution in [0.3, 0.4) is 0 Å². The van der Waals surface area contributed by atoms with Crippen LogP contribution in [0.1, 0.15) is 16.7 Å². The second-order valence-corrected chi connectivity index (χ2v) is 4.80. The fourth-order valence-electron chi connectivity index (χ4n) is 1.81. The molecule has 22 heavy (non-hydrogen) atoms. The van der Waals surface area contributed by atoms with Crippen LogP contribution in [0, 0.1) is 19.7 Å². The van der Waals surface area contributed by atoms with Gasteiger partial charge in [-0.15, -0.1) is 0 Å². The molecule has 0 aromatic heterocycles. The zero-order valence-corrected chi connectivity index (χ0v) is 12.5. The number of nitrogens with one attached hydrogen (secondary N) is 1. The molecule has 2 aromatic rings. The molecule has 4 nitrogen and oxygen atoms in total. The summed E-state index contributed by atoms with van der Waals surface area (Å²) >= 11 is 0. The molecule has 0 fully saturated rings. The van der Waals surface area contributed by atoms with Crippen molar-refractivity contribution in [2.75, 3.05) is 6.61 Å². The summed E-state index contributed by atoms with van der Waals surface area (Å²) in [6.07, 6.45) is 1.26. The van der Waals surface area contributed by atoms with Crippen molar-refractivity contribution in [3.05, 3.63) is 65.0 Å². The Labute approximate surface area is 128 Å². The standard InChI is InChI=1S/C17H17FN2O2/c1-12-6-5-9-16(13(12)2)22-11-17(21)20-19-10-14-7-3-4-8-15(14)18/h3-10H,11H2,1-2H3,(H,20,21)/b19-10+. The van der Waals surface area contributed by atoms with Crippen molar-refractivity contribution >= 4 is 12.1 Å². The van der Waals surface area contributed by atoms with Gasteiger partial charge in [0.25, 0.3) is 5.91 Å². The second kappa shape index (κ2) is 7.36. The number of carbonyl (C=O) groups excluding carboxylic acids is 1. The van der Waals surface area contributed by atoms with E-state index in [0.29, 0.717) is 11.3 Å². The van der Waals surface area contributed by atoms with E-state index in [1.165, 1.54) is 12.3 Å². The van der Waals surface area contributed by atoms with Gasteiger partial charge in [-0.25, -0.2) is 9.82 Å². The van der Waals surface area contributed by atoms with E-state index in [9.17, 15) is 9.18 Å². The molecule has 0 saturated heterocycles. The molecule has 0 radical (unpaired) electrons. The van der Waals surface area contributed by atoms with Crippen molar-refractivity contribution < 1.29 is 13.9 Å². The first-order chi connectivity index (χ1) is 10.6. The Balaban J connectivity index is 1.86. The summed E-state index contributed by atoms with van der Waals surface area (Å²) in [4.78, 5) is 11.6. The smallest absolute Gasteiger partial charge is 0.277 e. The molecule has 0 unspecified atom stereocenters. The molecule has 2 aromatic carbocycles. The van der Waals surface area contributed by atoms with Gasteiger partial charge in [-0.05, 0) is 37.1 Å². The van der Waals surface area contributed by atoms with Crippen molar-refractivity contribution in [2.24, 2.45) is 5.10 Å². The highest BCUT2D eigenvalue weighted by molar-refractivity contribution is 5.83. The Morgan fingerprint density at radius 1 is 1.23 bits per heavy atom. The molecule has 0 bridgehead atoms. The van der Waals surface area contributed by atoms with Gasteiger partial charge in [-0.3, -0.25) is 4.79 Å². The Morgan fingerprint density at radius 2 is 2.00 bits per heavy atom. The molecule has 114 valence electrons. The summed E-state index contributed by atoms with van der Waals surface area (Å²) in [7, 11) is 0. The highest BCUT2D eigenvalue weighted by atomic mass is 19.1. The van der Waals surface area contributed by atoms with Gasteiger partial charge in [0.05, 0.1) is 6.21 Å². The van der Waals surface area contributed by atoms with E-state index in [4.69, 9.17) is 4.74 Å². The van der Waals surface area contributed by atoms with Crippen molar-refractivity contribution in [3.8, 4) is 5.75 Å². The lowest BCUT2D eigenvalue weighted by molar-refractivity contribution is -0.123. The first-order valence-corrected chi connectivity index (χ1v) is 6.83. The summed E-state index contributed by atoms with van der Waals surface area (Å²) < 4.78 is 18.8. The van der Waals surface area contributed by atoms with E-state index < -0.39 is 11.7 Å². The number of amides is 1. The lowest BCUT2D eigenvalue weighted by Gasteiger charge is -2.09. The summed E-state index contributed by atoms with van der Waals surface area (Å²) in [5.74, 6) is -0.145. The Hall–Kier alpha value is -2.69. The highest BCUT2D eigenvalue weighted by Gasteiger charge is 2.05. The maximum Gasteiger partial charge on any atom is 0.277 e. The molecule has 0 saturated carbocycles. The van der Waals surface area contributed by atoms with Crippen LogP contribution in [0.25, 0.3) is 0 Å². The van der Waals surface area contributed by atoms with E-state index in [0.717, 1.165) is 11.1 Å². The molecule has 0 aliphatic heterocycles. The van der Waals surface area contributed by atoms with Crippen LogP contribution >= 0.6 is 0 Å². The molecular formula is C17H17FN2O2. The fourth-order valence-corrected chi connectivity index (χ4v) is 1.81. The van der Waals surface area contributed by atoms with Crippen molar-refractivity contribution in [2.45, 2.75) is 13.8 Å². The monoisotopic (exact) mass is 300 g/mol. The molecule has 0 atom stereocenters. The SMILES string of the molecule is Cc1cccc(OCC(=O)N/N=C/c2ccccc2F)c1C. The van der Waals surface area contributed by atoms with Crippen LogP contribution in [0.15, 0.2) is 47.6 Å². The van der Waals surface area contributed by atoms with Crippen LogP contribution in [-0.4, -0.2) is 18.7 Å². The maximum absolute atomic E-state index is 13.3. The third-order valence-corrected chi connectivity index (χ3v) is 3.21. The predicted octanol–water partition coefficient (Wildman–Crippen LogP) is 2.97. The molecule has 0 aliphatic carbocycles. The number of halogens is 1. The van der Waals surface area contributed by atoms with E-state index in [1.54, 1.807) is 24.3 Å². The fraction of sp³-hybridized carbons (Fsp3) is 0.176. The van der Waals surface area contributed by atoms with Crippen LogP contribution in [-0.2, 0) is 4.79 Å². The summed E-state index contributed by atoms with van der Waals surface area (Å²) in [6.45, 7) is 3.75. The largest absolute Gasteiger partial charge is 0.483 e. The van der Waals surface area contributed by atoms with Gasteiger partial charge in [0.1, 0.15) is 11.6 Å². The number of benzene rings is 2. The van der Waals surface area contributed by atoms with Crippen LogP contribution < -0.4 is 10.2 Å². The van der Waals surface area contributed by atoms with Gasteiger partial charge in [0.2, 0.25) is 0 Å². The lowest BCUT2D eigenvalue weighted by atomic mass is 10.1. The second-order valence-electron chi connectivity index (χ2n) is 4.80. The number of hydrazone groups is 1. The molecule has 2 rings (SSSR count). The minimum atomic E-state index is -0.409. The molecule has 5 heteroatoms. The summed E-state index contributed by atoms with van der Waals surface area (Å²) in [6, 6.07) is 11.8. The Kier molecular flexibility index (Phi) is 5.25. The molecule has 1 amide bonds. The van der Waals surface area contributed by atoms with Crippen molar-refractivity contribution in [1.82, 2.24) is 5.43 Å². The average Bonchev–Trinajstić information content (AvgIpc) is 2.51. The highest BCUT2D eigenvalue weighted by Crippen LogP contribution is 2.20. The number of hydrogen-bond donors (Lipinski definition) is 1. The minimum absolute atomic E-state index is 0.154. The number of nitrogens with zero attached hydrogens (tertiary/aromatic N) is 1. The zero-order chi connectivity index (χ0) is 15.9. The predicted molar refractivity (Wildman–Crippen MR) is 83.5 cm³/mol. The number of hydrogen-bond acceptors (Lipinski definition) is 3. The maximum atomic E-state index is 13.3. The van der Waals surface area contributed by atoms with Crippen molar-refractivity contribution in [1.29, 1.82) is 0 Å². The molecular weight excluding hydrogens is 283 g/mol. The van der Waals surface area contributed by atoms with Gasteiger partial charge < -0.3 is 4.74 Å². The van der Waals surface area contributed by atoms with Crippen molar-refractivity contribution in [3.63, 3.8) is 0 Å². The van der Waals surface area contributed by atoms with Crippen LogP contribution in [0.2, 0.25) is 0 Å². The first-order valence-electron chi connectivity index (χ1n) is 6.83. The zero-order valence-electron chi connectivity index (χ0n) is 12.5. The first kappa shape index (κ1) is 15.7. The van der Waals surface area contributed by atoms with E-state index >= 15 is 0 Å². The number of rotatable bonds is 5. The number of carbonyl (C=O) groups is 1. The molecule has 0 heterocycles. The minimum Gasteiger partial charge on any atom is -0.483 e. The van der Waals surface area contributed by atoms with Gasteiger partial charge in [-0.1, -0.05) is 30.3 Å². The number of aryl methyl sites for hydroxylation is 1. The van der Waals surface area contributed by atoms with Gasteiger partial charge in [-0.2, -0.15) is 5.10 Å². The van der Waals surface area contributed by atoms with Gasteiger partial charge >= 0.3 is 0 Å². The summed E-state index contributed by atoms with van der Waals surface area (Å²) in [5, 5.41) is 3.71. The Bertz CT molecular complexity index is 699. The molecule has 0 aliphatic rings. The normalized spacial score (nSPS) is 10.7. The summed E-state index contributed by atoms with van der Waals surface area (Å²) in [5.41, 5.74) is 4.69. The lowest BCUT2D eigenvalue weighted by Crippen LogP contribution is -2.24. The van der Waals surface area contributed by atoms with Crippen LogP contribution in [0.4, 0.5) is 4.39 Å². The van der Waals surface area contributed by atoms with E-state index in [1.807, 2.05) is 26.0 Å². The average molecular weight is 300 g/mol. The third-order valence-electron chi connectivity index (χ3n) is 3.21. The van der Waals surface area contributed by atoms with Gasteiger partial charge in [0, 0.05) is 5.56 Å². The van der Waals surface area contributed by atoms with Crippen LogP contribution in [0.5, 0.6) is 5.75 Å². The quantitative estimate of drug-likeness (QED) is 0.682. The topological polar surface area (TPSA) is 50.7 Å². The molecule has 1 N–H and O–H groups in total. The third kappa shape index (κ3) is 4.15. The molecule has 0 spiro atoms.